The van der Waals surface area contributed by atoms with Crippen molar-refractivity contribution in [2.75, 3.05) is 43.0 Å². The third kappa shape index (κ3) is 4.28. The van der Waals surface area contributed by atoms with Crippen molar-refractivity contribution in [2.24, 2.45) is 0 Å². The normalized spacial score (nSPS) is 16.0. The molecule has 0 amide bonds. The van der Waals surface area contributed by atoms with Crippen molar-refractivity contribution in [1.82, 2.24) is 29.5 Å². The highest BCUT2D eigenvalue weighted by molar-refractivity contribution is 7.16. The summed E-state index contributed by atoms with van der Waals surface area (Å²) in [5.74, 6) is 0.997. The van der Waals surface area contributed by atoms with E-state index in [1.807, 2.05) is 11.9 Å². The number of hydrogen-bond acceptors (Lipinski definition) is 9. The maximum absolute atomic E-state index is 13.7. The molecule has 13 heteroatoms. The molecule has 0 saturated carbocycles. The molecule has 1 aliphatic rings. The molecule has 0 radical (unpaired) electrons. The molecule has 1 aliphatic heterocycles. The van der Waals surface area contributed by atoms with Gasteiger partial charge in [-0.1, -0.05) is 17.7 Å². The van der Waals surface area contributed by atoms with Crippen LogP contribution in [0.5, 0.6) is 0 Å². The molecule has 1 atom stereocenters. The summed E-state index contributed by atoms with van der Waals surface area (Å²) in [5.41, 5.74) is 2.51. The third-order valence-electron chi connectivity index (χ3n) is 5.75. The molecule has 4 heterocycles. The lowest BCUT2D eigenvalue weighted by atomic mass is 10.2. The molecule has 1 N–H and O–H groups in total. The Kier molecular flexibility index (Phi) is 6.28. The molecule has 178 valence electrons. The van der Waals surface area contributed by atoms with Gasteiger partial charge in [0.25, 0.3) is 12.0 Å². The number of hydrogen-bond donors (Lipinski definition) is 1. The van der Waals surface area contributed by atoms with E-state index in [4.69, 9.17) is 16.6 Å². The van der Waals surface area contributed by atoms with Crippen LogP contribution in [0.2, 0.25) is 5.02 Å². The van der Waals surface area contributed by atoms with Crippen LogP contribution in [0.4, 0.5) is 14.6 Å². The first-order valence-corrected chi connectivity index (χ1v) is 12.0. The quantitative estimate of drug-likeness (QED) is 0.426. The van der Waals surface area contributed by atoms with E-state index < -0.39 is 12.5 Å². The Morgan fingerprint density at radius 3 is 2.74 bits per heavy atom. The molecule has 3 aromatic heterocycles. The first kappa shape index (κ1) is 22.8. The number of piperazine rings is 1. The van der Waals surface area contributed by atoms with E-state index in [9.17, 15) is 13.6 Å². The highest BCUT2D eigenvalue weighted by atomic mass is 35.5. The van der Waals surface area contributed by atoms with E-state index in [2.05, 4.69) is 20.3 Å². The fourth-order valence-electron chi connectivity index (χ4n) is 4.14. The summed E-state index contributed by atoms with van der Waals surface area (Å²) in [6.45, 7) is 3.20. The standard InChI is InChI=1S/C21H21ClF2N8OS/c1-12(28-18-17-20(26-10-25-18)34-11-27-17)19-29-14-4-2-3-13(22)16(14)21(33)32(19)31-7-5-30(6-8-31)9-15(23)24/h2-4,10-12,15H,5-9H2,1H3,(H,25,26,28)/t12-/m0/s1. The molecule has 0 bridgehead atoms. The number of nitrogens with zero attached hydrogens (tertiary/aromatic N) is 7. The minimum atomic E-state index is -2.40. The zero-order chi connectivity index (χ0) is 23.8. The van der Waals surface area contributed by atoms with Gasteiger partial charge in [0.05, 0.1) is 34.0 Å². The summed E-state index contributed by atoms with van der Waals surface area (Å²) in [7, 11) is 0. The molecule has 4 aromatic rings. The number of thiazole rings is 1. The lowest BCUT2D eigenvalue weighted by Gasteiger charge is -2.38. The molecule has 0 aliphatic carbocycles. The van der Waals surface area contributed by atoms with E-state index in [0.717, 1.165) is 4.83 Å². The Balaban J connectivity index is 1.55. The molecule has 1 saturated heterocycles. The van der Waals surface area contributed by atoms with Gasteiger partial charge in [-0.15, -0.1) is 11.3 Å². The first-order chi connectivity index (χ1) is 16.4. The van der Waals surface area contributed by atoms with Crippen LogP contribution in [0.3, 0.4) is 0 Å². The van der Waals surface area contributed by atoms with Crippen molar-refractivity contribution in [3.05, 3.63) is 51.2 Å². The smallest absolute Gasteiger partial charge is 0.281 e. The minimum absolute atomic E-state index is 0.285. The lowest BCUT2D eigenvalue weighted by Crippen LogP contribution is -2.56. The van der Waals surface area contributed by atoms with Gasteiger partial charge >= 0.3 is 0 Å². The Morgan fingerprint density at radius 2 is 1.97 bits per heavy atom. The summed E-state index contributed by atoms with van der Waals surface area (Å²) in [5, 5.41) is 5.78. The number of benzene rings is 1. The van der Waals surface area contributed by atoms with Crippen LogP contribution < -0.4 is 15.9 Å². The molecule has 34 heavy (non-hydrogen) atoms. The summed E-state index contributed by atoms with van der Waals surface area (Å²) in [6, 6.07) is 4.71. The second-order valence-electron chi connectivity index (χ2n) is 7.96. The molecule has 1 fully saturated rings. The van der Waals surface area contributed by atoms with Crippen LogP contribution in [0.25, 0.3) is 21.3 Å². The summed E-state index contributed by atoms with van der Waals surface area (Å²) in [6.07, 6.45) is -0.941. The van der Waals surface area contributed by atoms with Gasteiger partial charge in [0, 0.05) is 26.2 Å². The maximum atomic E-state index is 13.7. The molecule has 0 unspecified atom stereocenters. The van der Waals surface area contributed by atoms with Crippen LogP contribution in [0.15, 0.2) is 34.8 Å². The van der Waals surface area contributed by atoms with Crippen molar-refractivity contribution in [3.8, 4) is 0 Å². The van der Waals surface area contributed by atoms with Gasteiger partial charge in [0.15, 0.2) is 11.6 Å². The van der Waals surface area contributed by atoms with Crippen molar-refractivity contribution in [1.29, 1.82) is 0 Å². The number of nitrogens with one attached hydrogen (secondary N) is 1. The predicted octanol–water partition coefficient (Wildman–Crippen LogP) is 3.14. The van der Waals surface area contributed by atoms with Crippen LogP contribution >= 0.6 is 22.9 Å². The van der Waals surface area contributed by atoms with Gasteiger partial charge < -0.3 is 10.3 Å². The van der Waals surface area contributed by atoms with E-state index in [-0.39, 0.29) is 12.1 Å². The van der Waals surface area contributed by atoms with Gasteiger partial charge in [-0.3, -0.25) is 9.69 Å². The lowest BCUT2D eigenvalue weighted by molar-refractivity contribution is 0.0824. The summed E-state index contributed by atoms with van der Waals surface area (Å²) < 4.78 is 27.2. The highest BCUT2D eigenvalue weighted by Gasteiger charge is 2.26. The van der Waals surface area contributed by atoms with Gasteiger partial charge in [0.2, 0.25) is 0 Å². The maximum Gasteiger partial charge on any atom is 0.281 e. The van der Waals surface area contributed by atoms with E-state index in [1.165, 1.54) is 22.3 Å². The molecule has 5 rings (SSSR count). The highest BCUT2D eigenvalue weighted by Crippen LogP contribution is 2.26. The molecular formula is C21H21ClF2N8OS. The average Bonchev–Trinajstić information content (AvgIpc) is 3.29. The Morgan fingerprint density at radius 1 is 1.18 bits per heavy atom. The zero-order valence-corrected chi connectivity index (χ0v) is 19.7. The Hall–Kier alpha value is -2.96. The fraction of sp³-hybridized carbons (Fsp3) is 0.381. The largest absolute Gasteiger partial charge is 0.358 e. The topological polar surface area (TPSA) is 92.1 Å². The number of rotatable bonds is 6. The number of anilines is 1. The molecule has 1 aromatic carbocycles. The van der Waals surface area contributed by atoms with E-state index in [0.29, 0.717) is 59.3 Å². The third-order valence-corrected chi connectivity index (χ3v) is 6.80. The zero-order valence-electron chi connectivity index (χ0n) is 18.2. The summed E-state index contributed by atoms with van der Waals surface area (Å²) in [4.78, 5) is 33.7. The molecular weight excluding hydrogens is 486 g/mol. The van der Waals surface area contributed by atoms with Gasteiger partial charge in [0.1, 0.15) is 16.7 Å². The van der Waals surface area contributed by atoms with Crippen molar-refractivity contribution in [3.63, 3.8) is 0 Å². The second kappa shape index (κ2) is 9.35. The predicted molar refractivity (Wildman–Crippen MR) is 129 cm³/mol. The van der Waals surface area contributed by atoms with Crippen LogP contribution in [0.1, 0.15) is 18.8 Å². The van der Waals surface area contributed by atoms with Crippen molar-refractivity contribution >= 4 is 50.0 Å². The average molecular weight is 507 g/mol. The Labute approximate surface area is 202 Å². The number of alkyl halides is 2. The number of halogens is 3. The van der Waals surface area contributed by atoms with Gasteiger partial charge in [-0.05, 0) is 19.1 Å². The van der Waals surface area contributed by atoms with Crippen LogP contribution in [0, 0.1) is 0 Å². The van der Waals surface area contributed by atoms with Crippen molar-refractivity contribution in [2.45, 2.75) is 19.4 Å². The summed E-state index contributed by atoms with van der Waals surface area (Å²) >= 11 is 7.77. The van der Waals surface area contributed by atoms with Crippen LogP contribution in [-0.4, -0.2) is 68.7 Å². The first-order valence-electron chi connectivity index (χ1n) is 10.7. The van der Waals surface area contributed by atoms with E-state index in [1.54, 1.807) is 28.6 Å². The second-order valence-corrected chi connectivity index (χ2v) is 9.20. The number of fused-ring (bicyclic) bond motifs is 2. The van der Waals surface area contributed by atoms with Crippen molar-refractivity contribution < 1.29 is 8.78 Å². The monoisotopic (exact) mass is 506 g/mol. The molecule has 0 spiro atoms. The Bertz CT molecular complexity index is 1390. The SMILES string of the molecule is C[C@H](Nc1ncnc2scnc12)c1nc2cccc(Cl)c2c(=O)n1N1CCN(CC(F)F)CC1. The minimum Gasteiger partial charge on any atom is -0.358 e. The van der Waals surface area contributed by atoms with Crippen LogP contribution in [-0.2, 0) is 0 Å². The fourth-order valence-corrected chi connectivity index (χ4v) is 5.01. The number of aromatic nitrogens is 5. The van der Waals surface area contributed by atoms with Gasteiger partial charge in [-0.2, -0.15) is 0 Å². The van der Waals surface area contributed by atoms with Gasteiger partial charge in [-0.25, -0.2) is 33.4 Å². The molecule has 9 nitrogen and oxygen atoms in total. The van der Waals surface area contributed by atoms with E-state index >= 15 is 0 Å².